The Labute approximate surface area is 236 Å². The standard InChI is InChI=1S/C28H30ClFN6O4/c1-28(2,3)40-27(39)36-12-4-11-35(13-14-36)20-7-9-23(31-17-20)26(38)33-22-8-6-19(30)15-21(22)25(37)34-24-10-5-18(29)16-32-24/h5-10,15-17H,4,11-14H2,1-3H3,(H,33,38)(H,32,34,37). The summed E-state index contributed by atoms with van der Waals surface area (Å²) in [5, 5.41) is 5.59. The molecule has 2 N–H and O–H groups in total. The van der Waals surface area contributed by atoms with Gasteiger partial charge in [-0.1, -0.05) is 11.6 Å². The molecule has 3 amide bonds. The molecule has 3 aromatic rings. The van der Waals surface area contributed by atoms with Crippen molar-refractivity contribution in [3.8, 4) is 0 Å². The molecule has 1 aliphatic rings. The van der Waals surface area contributed by atoms with E-state index in [1.807, 2.05) is 20.8 Å². The number of amides is 3. The highest BCUT2D eigenvalue weighted by molar-refractivity contribution is 6.30. The molecule has 0 aliphatic carbocycles. The third kappa shape index (κ3) is 7.66. The second-order valence-electron chi connectivity index (χ2n) is 10.2. The predicted octanol–water partition coefficient (Wildman–Crippen LogP) is 5.22. The van der Waals surface area contributed by atoms with E-state index in [0.29, 0.717) is 31.2 Å². The molecule has 0 bridgehead atoms. The number of aromatic nitrogens is 2. The van der Waals surface area contributed by atoms with Crippen molar-refractivity contribution in [2.45, 2.75) is 32.8 Å². The highest BCUT2D eigenvalue weighted by Crippen LogP contribution is 2.22. The lowest BCUT2D eigenvalue weighted by atomic mass is 10.1. The van der Waals surface area contributed by atoms with Crippen LogP contribution in [0.4, 0.5) is 26.4 Å². The Balaban J connectivity index is 1.41. The predicted molar refractivity (Wildman–Crippen MR) is 150 cm³/mol. The molecule has 40 heavy (non-hydrogen) atoms. The summed E-state index contributed by atoms with van der Waals surface area (Å²) in [7, 11) is 0. The topological polar surface area (TPSA) is 117 Å². The summed E-state index contributed by atoms with van der Waals surface area (Å²) in [5.74, 6) is -1.65. The number of pyridine rings is 2. The van der Waals surface area contributed by atoms with Crippen LogP contribution in [0.5, 0.6) is 0 Å². The maximum absolute atomic E-state index is 14.0. The van der Waals surface area contributed by atoms with Gasteiger partial charge in [0.15, 0.2) is 0 Å². The van der Waals surface area contributed by atoms with Crippen LogP contribution in [0.15, 0.2) is 54.9 Å². The van der Waals surface area contributed by atoms with Crippen LogP contribution in [0.2, 0.25) is 5.02 Å². The fourth-order valence-electron chi connectivity index (χ4n) is 4.03. The van der Waals surface area contributed by atoms with E-state index in [1.165, 1.54) is 18.3 Å². The van der Waals surface area contributed by atoms with Crippen molar-refractivity contribution < 1.29 is 23.5 Å². The Morgan fingerprint density at radius 2 is 1.73 bits per heavy atom. The van der Waals surface area contributed by atoms with Gasteiger partial charge in [-0.05, 0) is 69.7 Å². The Kier molecular flexibility index (Phi) is 8.83. The molecule has 4 rings (SSSR count). The van der Waals surface area contributed by atoms with E-state index in [-0.39, 0.29) is 28.9 Å². The van der Waals surface area contributed by atoms with Gasteiger partial charge in [-0.3, -0.25) is 9.59 Å². The van der Waals surface area contributed by atoms with Crippen LogP contribution in [0.1, 0.15) is 48.0 Å². The highest BCUT2D eigenvalue weighted by atomic mass is 35.5. The molecule has 1 saturated heterocycles. The smallest absolute Gasteiger partial charge is 0.410 e. The number of rotatable bonds is 5. The van der Waals surface area contributed by atoms with Crippen molar-refractivity contribution in [2.75, 3.05) is 41.7 Å². The molecule has 210 valence electrons. The lowest BCUT2D eigenvalue weighted by Gasteiger charge is -2.26. The molecule has 2 aromatic heterocycles. The molecule has 3 heterocycles. The quantitative estimate of drug-likeness (QED) is 0.433. The summed E-state index contributed by atoms with van der Waals surface area (Å²) in [5.41, 5.74) is 0.388. The minimum absolute atomic E-state index is 0.0826. The first kappa shape index (κ1) is 28.8. The first-order valence-corrected chi connectivity index (χ1v) is 13.1. The average molecular weight is 569 g/mol. The number of nitrogens with one attached hydrogen (secondary N) is 2. The van der Waals surface area contributed by atoms with Gasteiger partial charge < -0.3 is 25.2 Å². The summed E-state index contributed by atoms with van der Waals surface area (Å²) in [4.78, 5) is 50.3. The van der Waals surface area contributed by atoms with Crippen LogP contribution in [0, 0.1) is 5.82 Å². The number of ether oxygens (including phenoxy) is 1. The molecule has 0 saturated carbocycles. The number of nitrogens with zero attached hydrogens (tertiary/aromatic N) is 4. The maximum Gasteiger partial charge on any atom is 0.410 e. The second kappa shape index (κ2) is 12.3. The number of anilines is 3. The number of carbonyl (C=O) groups is 3. The Bertz CT molecular complexity index is 1380. The molecule has 12 heteroatoms. The van der Waals surface area contributed by atoms with Gasteiger partial charge in [-0.15, -0.1) is 0 Å². The largest absolute Gasteiger partial charge is 0.444 e. The van der Waals surface area contributed by atoms with Gasteiger partial charge in [0.1, 0.15) is 22.9 Å². The molecule has 1 aromatic carbocycles. The van der Waals surface area contributed by atoms with Crippen molar-refractivity contribution in [3.05, 3.63) is 77.0 Å². The lowest BCUT2D eigenvalue weighted by Crippen LogP contribution is -2.39. The van der Waals surface area contributed by atoms with Crippen molar-refractivity contribution in [2.24, 2.45) is 0 Å². The molecular weight excluding hydrogens is 539 g/mol. The van der Waals surface area contributed by atoms with Crippen molar-refractivity contribution in [1.29, 1.82) is 0 Å². The fourth-order valence-corrected chi connectivity index (χ4v) is 4.14. The minimum atomic E-state index is -0.658. The summed E-state index contributed by atoms with van der Waals surface area (Å²) in [6.07, 6.45) is 3.37. The van der Waals surface area contributed by atoms with E-state index in [9.17, 15) is 18.8 Å². The van der Waals surface area contributed by atoms with Crippen LogP contribution < -0.4 is 15.5 Å². The Hall–Kier alpha value is -4.25. The normalized spacial score (nSPS) is 13.8. The van der Waals surface area contributed by atoms with Crippen LogP contribution in [-0.4, -0.2) is 64.6 Å². The molecule has 0 atom stereocenters. The van der Waals surface area contributed by atoms with Gasteiger partial charge in [0.05, 0.1) is 28.2 Å². The van der Waals surface area contributed by atoms with Crippen molar-refractivity contribution in [3.63, 3.8) is 0 Å². The summed E-state index contributed by atoms with van der Waals surface area (Å²) < 4.78 is 19.5. The number of hydrogen-bond acceptors (Lipinski definition) is 7. The molecular formula is C28H30ClFN6O4. The third-order valence-electron chi connectivity index (χ3n) is 5.94. The van der Waals surface area contributed by atoms with E-state index in [1.54, 1.807) is 29.3 Å². The third-order valence-corrected chi connectivity index (χ3v) is 6.16. The van der Waals surface area contributed by atoms with E-state index < -0.39 is 23.2 Å². The van der Waals surface area contributed by atoms with Gasteiger partial charge in [-0.2, -0.15) is 0 Å². The Morgan fingerprint density at radius 1 is 0.925 bits per heavy atom. The monoisotopic (exact) mass is 568 g/mol. The zero-order valence-electron chi connectivity index (χ0n) is 22.4. The summed E-state index contributed by atoms with van der Waals surface area (Å²) in [6, 6.07) is 9.87. The van der Waals surface area contributed by atoms with E-state index in [2.05, 4.69) is 25.5 Å². The first-order valence-electron chi connectivity index (χ1n) is 12.7. The molecule has 10 nitrogen and oxygen atoms in total. The zero-order valence-corrected chi connectivity index (χ0v) is 23.2. The fraction of sp³-hybridized carbons (Fsp3) is 0.321. The van der Waals surface area contributed by atoms with E-state index in [4.69, 9.17) is 16.3 Å². The van der Waals surface area contributed by atoms with Crippen LogP contribution in [0.3, 0.4) is 0 Å². The first-order chi connectivity index (χ1) is 19.0. The van der Waals surface area contributed by atoms with Crippen LogP contribution >= 0.6 is 11.6 Å². The number of hydrogen-bond donors (Lipinski definition) is 2. The van der Waals surface area contributed by atoms with E-state index in [0.717, 1.165) is 24.2 Å². The van der Waals surface area contributed by atoms with Gasteiger partial charge in [0.2, 0.25) is 0 Å². The summed E-state index contributed by atoms with van der Waals surface area (Å²) in [6.45, 7) is 7.89. The van der Waals surface area contributed by atoms with Crippen LogP contribution in [0.25, 0.3) is 0 Å². The second-order valence-corrected chi connectivity index (χ2v) is 10.6. The Morgan fingerprint density at radius 3 is 2.40 bits per heavy atom. The number of halogens is 2. The van der Waals surface area contributed by atoms with Crippen molar-refractivity contribution in [1.82, 2.24) is 14.9 Å². The van der Waals surface area contributed by atoms with Crippen LogP contribution in [-0.2, 0) is 4.74 Å². The van der Waals surface area contributed by atoms with Gasteiger partial charge in [0.25, 0.3) is 11.8 Å². The van der Waals surface area contributed by atoms with Gasteiger partial charge in [-0.25, -0.2) is 19.2 Å². The molecule has 1 aliphatic heterocycles. The number of carbonyl (C=O) groups excluding carboxylic acids is 3. The molecule has 0 spiro atoms. The average Bonchev–Trinajstić information content (AvgIpc) is 3.17. The summed E-state index contributed by atoms with van der Waals surface area (Å²) >= 11 is 5.82. The lowest BCUT2D eigenvalue weighted by molar-refractivity contribution is 0.0263. The molecule has 1 fully saturated rings. The molecule has 0 radical (unpaired) electrons. The van der Waals surface area contributed by atoms with Gasteiger partial charge in [0, 0.05) is 32.4 Å². The number of benzene rings is 1. The minimum Gasteiger partial charge on any atom is -0.444 e. The van der Waals surface area contributed by atoms with Crippen molar-refractivity contribution >= 4 is 46.7 Å². The maximum atomic E-state index is 14.0. The van der Waals surface area contributed by atoms with E-state index >= 15 is 0 Å². The molecule has 0 unspecified atom stereocenters. The SMILES string of the molecule is CC(C)(C)OC(=O)N1CCCN(c2ccc(C(=O)Nc3ccc(F)cc3C(=O)Nc3ccc(Cl)cn3)nc2)CC1. The van der Waals surface area contributed by atoms with Gasteiger partial charge >= 0.3 is 6.09 Å². The zero-order chi connectivity index (χ0) is 28.9. The highest BCUT2D eigenvalue weighted by Gasteiger charge is 2.25.